The third-order valence-electron chi connectivity index (χ3n) is 4.06. The zero-order valence-electron chi connectivity index (χ0n) is 14.0. The predicted molar refractivity (Wildman–Crippen MR) is 94.7 cm³/mol. The Balaban J connectivity index is 1.49. The summed E-state index contributed by atoms with van der Waals surface area (Å²) in [5.74, 6) is 2.36. The van der Waals surface area contributed by atoms with Gasteiger partial charge >= 0.3 is 0 Å². The Morgan fingerprint density at radius 1 is 1.25 bits per heavy atom. The fourth-order valence-corrected chi connectivity index (χ4v) is 2.79. The molecule has 1 unspecified atom stereocenters. The normalized spacial score (nSPS) is 16.8. The Morgan fingerprint density at radius 3 is 3.00 bits per heavy atom. The topological polar surface area (TPSA) is 68.3 Å². The van der Waals surface area contributed by atoms with Gasteiger partial charge in [-0.25, -0.2) is 4.98 Å². The highest BCUT2D eigenvalue weighted by atomic mass is 16.5. The summed E-state index contributed by atoms with van der Waals surface area (Å²) >= 11 is 0. The summed E-state index contributed by atoms with van der Waals surface area (Å²) in [4.78, 5) is 8.74. The zero-order chi connectivity index (χ0) is 16.6. The van der Waals surface area contributed by atoms with E-state index in [1.165, 1.54) is 5.56 Å². The molecule has 1 atom stereocenters. The van der Waals surface area contributed by atoms with E-state index < -0.39 is 0 Å². The maximum atomic E-state index is 5.60. The molecule has 0 saturated carbocycles. The van der Waals surface area contributed by atoms with Gasteiger partial charge in [-0.15, -0.1) is 0 Å². The van der Waals surface area contributed by atoms with Gasteiger partial charge in [0.1, 0.15) is 11.6 Å². The standard InChI is InChI=1S/C18H24N4O2/c1-23-16-7-3-2-5-14(16)8-10-19-17-9-11-20-18(22-17)21-13-15-6-4-12-24-15/h2-3,5,7,9,11,15H,4,6,8,10,12-13H2,1H3,(H2,19,20,21,22). The molecule has 24 heavy (non-hydrogen) atoms. The van der Waals surface area contributed by atoms with E-state index >= 15 is 0 Å². The first kappa shape index (κ1) is 16.5. The fourth-order valence-electron chi connectivity index (χ4n) is 2.79. The van der Waals surface area contributed by atoms with Crippen LogP contribution >= 0.6 is 0 Å². The maximum absolute atomic E-state index is 5.60. The minimum absolute atomic E-state index is 0.274. The first-order valence-electron chi connectivity index (χ1n) is 8.39. The lowest BCUT2D eigenvalue weighted by Gasteiger charge is -2.12. The monoisotopic (exact) mass is 328 g/mol. The summed E-state index contributed by atoms with van der Waals surface area (Å²) in [6, 6.07) is 9.93. The summed E-state index contributed by atoms with van der Waals surface area (Å²) in [6.07, 6.45) is 5.14. The molecule has 2 aromatic rings. The van der Waals surface area contributed by atoms with Gasteiger partial charge in [-0.3, -0.25) is 0 Å². The van der Waals surface area contributed by atoms with E-state index in [2.05, 4.69) is 26.7 Å². The summed E-state index contributed by atoms with van der Waals surface area (Å²) in [5, 5.41) is 6.58. The van der Waals surface area contributed by atoms with Crippen LogP contribution in [0.2, 0.25) is 0 Å². The van der Waals surface area contributed by atoms with Crippen molar-refractivity contribution in [1.82, 2.24) is 9.97 Å². The zero-order valence-corrected chi connectivity index (χ0v) is 14.0. The van der Waals surface area contributed by atoms with Crippen LogP contribution in [0.4, 0.5) is 11.8 Å². The van der Waals surface area contributed by atoms with Gasteiger partial charge in [0.05, 0.1) is 13.2 Å². The van der Waals surface area contributed by atoms with Crippen molar-refractivity contribution >= 4 is 11.8 Å². The molecular weight excluding hydrogens is 304 g/mol. The maximum Gasteiger partial charge on any atom is 0.224 e. The molecule has 1 aromatic carbocycles. The highest BCUT2D eigenvalue weighted by Crippen LogP contribution is 2.18. The largest absolute Gasteiger partial charge is 0.496 e. The SMILES string of the molecule is COc1ccccc1CCNc1ccnc(NCC2CCCO2)n1. The Morgan fingerprint density at radius 2 is 2.17 bits per heavy atom. The third kappa shape index (κ3) is 4.58. The third-order valence-corrected chi connectivity index (χ3v) is 4.06. The minimum atomic E-state index is 0.274. The lowest BCUT2D eigenvalue weighted by atomic mass is 10.1. The number of aromatic nitrogens is 2. The number of ether oxygens (including phenoxy) is 2. The minimum Gasteiger partial charge on any atom is -0.496 e. The number of hydrogen-bond acceptors (Lipinski definition) is 6. The number of benzene rings is 1. The molecular formula is C18H24N4O2. The molecule has 1 fully saturated rings. The number of nitrogens with one attached hydrogen (secondary N) is 2. The highest BCUT2D eigenvalue weighted by Gasteiger charge is 2.15. The van der Waals surface area contributed by atoms with Crippen molar-refractivity contribution in [3.63, 3.8) is 0 Å². The van der Waals surface area contributed by atoms with Crippen molar-refractivity contribution in [1.29, 1.82) is 0 Å². The number of nitrogens with zero attached hydrogens (tertiary/aromatic N) is 2. The Labute approximate surface area is 142 Å². The molecule has 3 rings (SSSR count). The van der Waals surface area contributed by atoms with Crippen LogP contribution in [0.3, 0.4) is 0 Å². The molecule has 6 heteroatoms. The van der Waals surface area contributed by atoms with E-state index in [0.717, 1.165) is 50.5 Å². The second-order valence-electron chi connectivity index (χ2n) is 5.77. The molecule has 128 valence electrons. The highest BCUT2D eigenvalue weighted by molar-refractivity contribution is 5.40. The van der Waals surface area contributed by atoms with Crippen LogP contribution in [0.1, 0.15) is 18.4 Å². The van der Waals surface area contributed by atoms with Crippen LogP contribution in [0, 0.1) is 0 Å². The van der Waals surface area contributed by atoms with Crippen molar-refractivity contribution in [2.75, 3.05) is 37.4 Å². The number of para-hydroxylation sites is 1. The number of anilines is 2. The van der Waals surface area contributed by atoms with Crippen molar-refractivity contribution in [2.24, 2.45) is 0 Å². The fraction of sp³-hybridized carbons (Fsp3) is 0.444. The quantitative estimate of drug-likeness (QED) is 0.776. The van der Waals surface area contributed by atoms with E-state index in [1.54, 1.807) is 13.3 Å². The van der Waals surface area contributed by atoms with Crippen LogP contribution in [0.15, 0.2) is 36.5 Å². The second kappa shape index (κ2) is 8.49. The smallest absolute Gasteiger partial charge is 0.224 e. The van der Waals surface area contributed by atoms with Crippen LogP contribution < -0.4 is 15.4 Å². The van der Waals surface area contributed by atoms with Gasteiger partial charge in [0.25, 0.3) is 0 Å². The molecule has 0 bridgehead atoms. The molecule has 1 saturated heterocycles. The molecule has 0 spiro atoms. The van der Waals surface area contributed by atoms with E-state index in [9.17, 15) is 0 Å². The number of rotatable bonds is 8. The summed E-state index contributed by atoms with van der Waals surface area (Å²) in [7, 11) is 1.70. The van der Waals surface area contributed by atoms with Gasteiger partial charge in [0, 0.05) is 25.9 Å². The van der Waals surface area contributed by atoms with Crippen LogP contribution in [0.25, 0.3) is 0 Å². The average molecular weight is 328 g/mol. The van der Waals surface area contributed by atoms with Crippen molar-refractivity contribution < 1.29 is 9.47 Å². The summed E-state index contributed by atoms with van der Waals surface area (Å²) in [5.41, 5.74) is 1.18. The lowest BCUT2D eigenvalue weighted by Crippen LogP contribution is -2.19. The second-order valence-corrected chi connectivity index (χ2v) is 5.77. The van der Waals surface area contributed by atoms with Crippen molar-refractivity contribution in [3.05, 3.63) is 42.1 Å². The first-order chi connectivity index (χ1) is 11.8. The molecule has 1 aromatic heterocycles. The van der Waals surface area contributed by atoms with Gasteiger partial charge in [0.2, 0.25) is 5.95 Å². The Kier molecular flexibility index (Phi) is 5.85. The van der Waals surface area contributed by atoms with Gasteiger partial charge in [-0.05, 0) is 37.0 Å². The van der Waals surface area contributed by atoms with Gasteiger partial charge in [0.15, 0.2) is 0 Å². The average Bonchev–Trinajstić information content (AvgIpc) is 3.14. The van der Waals surface area contributed by atoms with Crippen LogP contribution in [-0.2, 0) is 11.2 Å². The summed E-state index contributed by atoms with van der Waals surface area (Å²) in [6.45, 7) is 2.39. The molecule has 1 aliphatic heterocycles. The number of methoxy groups -OCH3 is 1. The molecule has 2 N–H and O–H groups in total. The Bertz CT molecular complexity index is 644. The molecule has 0 aliphatic carbocycles. The Hall–Kier alpha value is -2.34. The predicted octanol–water partition coefficient (Wildman–Crippen LogP) is 2.73. The molecule has 0 amide bonds. The van der Waals surface area contributed by atoms with Crippen LogP contribution in [-0.4, -0.2) is 42.9 Å². The van der Waals surface area contributed by atoms with Crippen LogP contribution in [0.5, 0.6) is 5.75 Å². The van der Waals surface area contributed by atoms with E-state index in [0.29, 0.717) is 5.95 Å². The molecule has 6 nitrogen and oxygen atoms in total. The van der Waals surface area contributed by atoms with E-state index in [1.807, 2.05) is 24.3 Å². The molecule has 1 aliphatic rings. The van der Waals surface area contributed by atoms with E-state index in [-0.39, 0.29) is 6.10 Å². The first-order valence-corrected chi connectivity index (χ1v) is 8.39. The van der Waals surface area contributed by atoms with Gasteiger partial charge in [-0.1, -0.05) is 18.2 Å². The lowest BCUT2D eigenvalue weighted by molar-refractivity contribution is 0.120. The van der Waals surface area contributed by atoms with Crippen molar-refractivity contribution in [2.45, 2.75) is 25.4 Å². The van der Waals surface area contributed by atoms with E-state index in [4.69, 9.17) is 9.47 Å². The van der Waals surface area contributed by atoms with Gasteiger partial charge in [-0.2, -0.15) is 4.98 Å². The number of hydrogen-bond donors (Lipinski definition) is 2. The molecule has 0 radical (unpaired) electrons. The van der Waals surface area contributed by atoms with Gasteiger partial charge < -0.3 is 20.1 Å². The summed E-state index contributed by atoms with van der Waals surface area (Å²) < 4.78 is 11.0. The van der Waals surface area contributed by atoms with Crippen molar-refractivity contribution in [3.8, 4) is 5.75 Å². The molecule has 2 heterocycles.